The molecular weight excluding hydrogens is 264 g/mol. The first kappa shape index (κ1) is 13.5. The minimum atomic E-state index is -0.0935. The van der Waals surface area contributed by atoms with Crippen molar-refractivity contribution in [2.24, 2.45) is 0 Å². The topological polar surface area (TPSA) is 73.8 Å². The molecule has 0 aliphatic heterocycles. The van der Waals surface area contributed by atoms with E-state index in [1.807, 2.05) is 13.8 Å². The number of carbonyl (C=O) groups excluding carboxylic acids is 1. The first-order valence-corrected chi connectivity index (χ1v) is 6.33. The lowest BCUT2D eigenvalue weighted by Gasteiger charge is -2.09. The highest BCUT2D eigenvalue weighted by molar-refractivity contribution is 6.31. The van der Waals surface area contributed by atoms with Gasteiger partial charge in [0.2, 0.25) is 0 Å². The summed E-state index contributed by atoms with van der Waals surface area (Å²) in [6.07, 6.45) is 1.62. The Kier molecular flexibility index (Phi) is 3.85. The lowest BCUT2D eigenvalue weighted by Crippen LogP contribution is -2.14. The zero-order valence-corrected chi connectivity index (χ0v) is 11.6. The zero-order valence-electron chi connectivity index (χ0n) is 10.8. The molecule has 0 bridgehead atoms. The number of ketones is 1. The molecule has 5 nitrogen and oxygen atoms in total. The van der Waals surface area contributed by atoms with Gasteiger partial charge in [0.25, 0.3) is 0 Å². The summed E-state index contributed by atoms with van der Waals surface area (Å²) in [4.78, 5) is 16.3. The van der Waals surface area contributed by atoms with E-state index in [2.05, 4.69) is 10.1 Å². The average Bonchev–Trinajstić information content (AvgIpc) is 2.76. The largest absolute Gasteiger partial charge is 0.398 e. The third kappa shape index (κ3) is 2.93. The first-order valence-electron chi connectivity index (χ1n) is 5.95. The standard InChI is InChI=1S/C13H15ClN4O/c1-8(2)18-13(16-7-17-18)6-12(19)10-4-3-9(14)5-11(10)15/h3-5,7-8H,6,15H2,1-2H3. The highest BCUT2D eigenvalue weighted by Crippen LogP contribution is 2.20. The number of nitrogens with zero attached hydrogens (tertiary/aromatic N) is 3. The van der Waals surface area contributed by atoms with Crippen molar-refractivity contribution in [3.63, 3.8) is 0 Å². The summed E-state index contributed by atoms with van der Waals surface area (Å²) < 4.78 is 1.73. The van der Waals surface area contributed by atoms with Gasteiger partial charge in [0, 0.05) is 22.3 Å². The van der Waals surface area contributed by atoms with E-state index in [4.69, 9.17) is 17.3 Å². The number of benzene rings is 1. The van der Waals surface area contributed by atoms with Crippen LogP contribution in [0.15, 0.2) is 24.5 Å². The van der Waals surface area contributed by atoms with Gasteiger partial charge in [-0.1, -0.05) is 11.6 Å². The highest BCUT2D eigenvalue weighted by Gasteiger charge is 2.15. The van der Waals surface area contributed by atoms with Crippen LogP contribution in [-0.2, 0) is 6.42 Å². The lowest BCUT2D eigenvalue weighted by molar-refractivity contribution is 0.0990. The highest BCUT2D eigenvalue weighted by atomic mass is 35.5. The van der Waals surface area contributed by atoms with E-state index in [0.29, 0.717) is 22.1 Å². The van der Waals surface area contributed by atoms with Crippen LogP contribution in [0.5, 0.6) is 0 Å². The minimum Gasteiger partial charge on any atom is -0.398 e. The Morgan fingerprint density at radius 3 is 2.84 bits per heavy atom. The van der Waals surface area contributed by atoms with Crippen molar-refractivity contribution in [2.75, 3.05) is 5.73 Å². The smallest absolute Gasteiger partial charge is 0.172 e. The first-order chi connectivity index (χ1) is 8.99. The summed E-state index contributed by atoms with van der Waals surface area (Å²) >= 11 is 5.81. The van der Waals surface area contributed by atoms with Gasteiger partial charge in [-0.15, -0.1) is 0 Å². The van der Waals surface area contributed by atoms with Crippen molar-refractivity contribution in [1.29, 1.82) is 0 Å². The number of anilines is 1. The van der Waals surface area contributed by atoms with Crippen LogP contribution in [0.25, 0.3) is 0 Å². The normalized spacial score (nSPS) is 10.9. The van der Waals surface area contributed by atoms with E-state index < -0.39 is 0 Å². The average molecular weight is 279 g/mol. The van der Waals surface area contributed by atoms with E-state index in [9.17, 15) is 4.79 Å². The molecule has 1 aromatic heterocycles. The lowest BCUT2D eigenvalue weighted by atomic mass is 10.1. The summed E-state index contributed by atoms with van der Waals surface area (Å²) in [7, 11) is 0. The number of hydrogen-bond acceptors (Lipinski definition) is 4. The summed E-state index contributed by atoms with van der Waals surface area (Å²) in [5.74, 6) is 0.540. The molecule has 0 saturated heterocycles. The SMILES string of the molecule is CC(C)n1ncnc1CC(=O)c1ccc(Cl)cc1N. The van der Waals surface area contributed by atoms with Crippen LogP contribution < -0.4 is 5.73 Å². The fraction of sp³-hybridized carbons (Fsp3) is 0.308. The van der Waals surface area contributed by atoms with Crippen molar-refractivity contribution < 1.29 is 4.79 Å². The molecule has 1 heterocycles. The number of aromatic nitrogens is 3. The number of nitrogen functional groups attached to an aromatic ring is 1. The van der Waals surface area contributed by atoms with E-state index >= 15 is 0 Å². The molecule has 0 amide bonds. The summed E-state index contributed by atoms with van der Waals surface area (Å²) in [6.45, 7) is 3.97. The molecule has 0 unspecified atom stereocenters. The minimum absolute atomic E-state index is 0.0935. The molecule has 19 heavy (non-hydrogen) atoms. The van der Waals surface area contributed by atoms with Gasteiger partial charge in [-0.2, -0.15) is 5.10 Å². The maximum Gasteiger partial charge on any atom is 0.172 e. The van der Waals surface area contributed by atoms with Crippen LogP contribution in [0.3, 0.4) is 0 Å². The maximum atomic E-state index is 12.2. The van der Waals surface area contributed by atoms with Gasteiger partial charge in [0.1, 0.15) is 12.2 Å². The molecule has 0 saturated carbocycles. The molecule has 0 fully saturated rings. The summed E-state index contributed by atoms with van der Waals surface area (Å²) in [5.41, 5.74) is 6.64. The second-order valence-corrected chi connectivity index (χ2v) is 4.98. The molecule has 0 atom stereocenters. The van der Waals surface area contributed by atoms with Crippen LogP contribution in [0.1, 0.15) is 36.1 Å². The Balaban J connectivity index is 2.23. The van der Waals surface area contributed by atoms with E-state index in [0.717, 1.165) is 0 Å². The molecule has 0 aliphatic carbocycles. The van der Waals surface area contributed by atoms with Crippen molar-refractivity contribution >= 4 is 23.1 Å². The number of Topliss-reactive ketones (excluding diaryl/α,β-unsaturated/α-hetero) is 1. The van der Waals surface area contributed by atoms with Gasteiger partial charge in [-0.3, -0.25) is 4.79 Å². The van der Waals surface area contributed by atoms with Gasteiger partial charge in [0.05, 0.1) is 6.42 Å². The van der Waals surface area contributed by atoms with E-state index in [1.165, 1.54) is 6.33 Å². The van der Waals surface area contributed by atoms with Crippen LogP contribution in [-0.4, -0.2) is 20.5 Å². The van der Waals surface area contributed by atoms with E-state index in [-0.39, 0.29) is 18.2 Å². The van der Waals surface area contributed by atoms with Crippen molar-refractivity contribution in [2.45, 2.75) is 26.3 Å². The molecule has 1 aromatic carbocycles. The van der Waals surface area contributed by atoms with Crippen molar-refractivity contribution in [1.82, 2.24) is 14.8 Å². The van der Waals surface area contributed by atoms with Gasteiger partial charge < -0.3 is 5.73 Å². The van der Waals surface area contributed by atoms with Gasteiger partial charge in [-0.25, -0.2) is 9.67 Å². The summed E-state index contributed by atoms with van der Waals surface area (Å²) in [6, 6.07) is 5.02. The van der Waals surface area contributed by atoms with Crippen LogP contribution in [0.4, 0.5) is 5.69 Å². The third-order valence-corrected chi connectivity index (χ3v) is 3.00. The molecule has 0 aliphatic rings. The molecule has 2 rings (SSSR count). The quantitative estimate of drug-likeness (QED) is 0.689. The van der Waals surface area contributed by atoms with Crippen molar-refractivity contribution in [3.8, 4) is 0 Å². The number of nitrogens with two attached hydrogens (primary N) is 1. The van der Waals surface area contributed by atoms with Crippen LogP contribution in [0, 0.1) is 0 Å². The Bertz CT molecular complexity index is 606. The fourth-order valence-corrected chi connectivity index (χ4v) is 2.04. The molecule has 0 spiro atoms. The van der Waals surface area contributed by atoms with Crippen LogP contribution in [0.2, 0.25) is 5.02 Å². The number of carbonyl (C=O) groups is 1. The molecule has 6 heteroatoms. The number of hydrogen-bond donors (Lipinski definition) is 1. The predicted octanol–water partition coefficient (Wildman–Crippen LogP) is 2.52. The summed E-state index contributed by atoms with van der Waals surface area (Å²) in [5, 5.41) is 4.61. The monoisotopic (exact) mass is 278 g/mol. The zero-order chi connectivity index (χ0) is 14.0. The molecule has 2 N–H and O–H groups in total. The molecule has 0 radical (unpaired) electrons. The Hall–Kier alpha value is -1.88. The van der Waals surface area contributed by atoms with Gasteiger partial charge >= 0.3 is 0 Å². The Morgan fingerprint density at radius 2 is 2.21 bits per heavy atom. The molecular formula is C13H15ClN4O. The fourth-order valence-electron chi connectivity index (χ4n) is 1.86. The van der Waals surface area contributed by atoms with Crippen LogP contribution >= 0.6 is 11.6 Å². The van der Waals surface area contributed by atoms with E-state index in [1.54, 1.807) is 22.9 Å². The third-order valence-electron chi connectivity index (χ3n) is 2.77. The molecule has 100 valence electrons. The Labute approximate surface area is 116 Å². The second-order valence-electron chi connectivity index (χ2n) is 4.55. The van der Waals surface area contributed by atoms with Crippen molar-refractivity contribution in [3.05, 3.63) is 40.9 Å². The number of halogens is 1. The Morgan fingerprint density at radius 1 is 1.47 bits per heavy atom. The predicted molar refractivity (Wildman–Crippen MR) is 74.3 cm³/mol. The second kappa shape index (κ2) is 5.40. The maximum absolute atomic E-state index is 12.2. The number of rotatable bonds is 4. The van der Waals surface area contributed by atoms with Gasteiger partial charge in [-0.05, 0) is 32.0 Å². The molecule has 2 aromatic rings. The van der Waals surface area contributed by atoms with Gasteiger partial charge in [0.15, 0.2) is 5.78 Å².